The molecule has 0 aromatic carbocycles. The van der Waals surface area contributed by atoms with Crippen molar-refractivity contribution in [3.63, 3.8) is 0 Å². The number of aromatic nitrogens is 2. The zero-order chi connectivity index (χ0) is 13.1. The van der Waals surface area contributed by atoms with E-state index >= 15 is 0 Å². The van der Waals surface area contributed by atoms with Gasteiger partial charge in [-0.25, -0.2) is 0 Å². The summed E-state index contributed by atoms with van der Waals surface area (Å²) in [6, 6.07) is 0. The fourth-order valence-electron chi connectivity index (χ4n) is 2.65. The molecule has 0 radical (unpaired) electrons. The van der Waals surface area contributed by atoms with E-state index in [9.17, 15) is 0 Å². The molecule has 18 heavy (non-hydrogen) atoms. The van der Waals surface area contributed by atoms with E-state index in [1.165, 1.54) is 25.1 Å². The monoisotopic (exact) mass is 333 g/mol. The normalized spacial score (nSPS) is 21.4. The van der Waals surface area contributed by atoms with Gasteiger partial charge in [0.25, 0.3) is 0 Å². The number of nitrogens with zero attached hydrogens (tertiary/aromatic N) is 3. The first-order chi connectivity index (χ1) is 8.65. The summed E-state index contributed by atoms with van der Waals surface area (Å²) in [6.07, 6.45) is 2.53. The molecule has 1 aromatic heterocycles. The van der Waals surface area contributed by atoms with Crippen LogP contribution in [0.5, 0.6) is 0 Å². The molecule has 2 heterocycles. The summed E-state index contributed by atoms with van der Waals surface area (Å²) in [7, 11) is 0. The summed E-state index contributed by atoms with van der Waals surface area (Å²) in [5.41, 5.74) is 2.38. The highest BCUT2D eigenvalue weighted by atomic mass is 79.9. The quantitative estimate of drug-likeness (QED) is 0.787. The fraction of sp³-hybridized carbons (Fsp3) is 0.769. The second kappa shape index (κ2) is 6.40. The lowest BCUT2D eigenvalue weighted by molar-refractivity contribution is 0.173. The Morgan fingerprint density at radius 1 is 1.50 bits per heavy atom. The van der Waals surface area contributed by atoms with Crippen LogP contribution in [0.25, 0.3) is 0 Å². The van der Waals surface area contributed by atoms with Gasteiger partial charge in [-0.1, -0.05) is 0 Å². The Labute approximate surface area is 123 Å². The third-order valence-electron chi connectivity index (χ3n) is 3.65. The van der Waals surface area contributed by atoms with Crippen LogP contribution in [-0.4, -0.2) is 33.6 Å². The first-order valence-corrected chi connectivity index (χ1v) is 7.98. The molecule has 1 atom stereocenters. The standard InChI is InChI=1S/C13H21BrClN3/c1-3-18-12(13(14)10(2)16-18)9-17-6-4-5-11(7-15)8-17/h11H,3-9H2,1-2H3. The lowest BCUT2D eigenvalue weighted by Crippen LogP contribution is -2.36. The van der Waals surface area contributed by atoms with E-state index in [-0.39, 0.29) is 0 Å². The van der Waals surface area contributed by atoms with Crippen LogP contribution < -0.4 is 0 Å². The molecule has 1 aliphatic heterocycles. The Balaban J connectivity index is 2.08. The van der Waals surface area contributed by atoms with Crippen molar-refractivity contribution in [3.8, 4) is 0 Å². The second-order valence-corrected chi connectivity index (χ2v) is 6.16. The van der Waals surface area contributed by atoms with Gasteiger partial charge in [-0.05, 0) is 55.1 Å². The van der Waals surface area contributed by atoms with E-state index in [0.717, 1.165) is 35.7 Å². The molecule has 1 aromatic rings. The van der Waals surface area contributed by atoms with Crippen LogP contribution in [0.2, 0.25) is 0 Å². The number of rotatable bonds is 4. The van der Waals surface area contributed by atoms with Crippen molar-refractivity contribution in [1.82, 2.24) is 14.7 Å². The number of hydrogen-bond donors (Lipinski definition) is 0. The van der Waals surface area contributed by atoms with Crippen LogP contribution in [0, 0.1) is 12.8 Å². The highest BCUT2D eigenvalue weighted by molar-refractivity contribution is 9.10. The Bertz CT molecular complexity index is 405. The van der Waals surface area contributed by atoms with Gasteiger partial charge in [0.1, 0.15) is 0 Å². The minimum absolute atomic E-state index is 0.651. The fourth-order valence-corrected chi connectivity index (χ4v) is 3.31. The number of alkyl halides is 1. The molecule has 1 saturated heterocycles. The van der Waals surface area contributed by atoms with Gasteiger partial charge < -0.3 is 0 Å². The summed E-state index contributed by atoms with van der Waals surface area (Å²) in [5, 5.41) is 4.55. The second-order valence-electron chi connectivity index (χ2n) is 5.06. The minimum Gasteiger partial charge on any atom is -0.297 e. The molecule has 1 aliphatic rings. The van der Waals surface area contributed by atoms with Crippen molar-refractivity contribution < 1.29 is 0 Å². The van der Waals surface area contributed by atoms with E-state index in [1.54, 1.807) is 0 Å². The number of piperidine rings is 1. The predicted molar refractivity (Wildman–Crippen MR) is 79.1 cm³/mol. The molecule has 0 spiro atoms. The Kier molecular flexibility index (Phi) is 5.10. The van der Waals surface area contributed by atoms with E-state index in [1.807, 2.05) is 0 Å². The van der Waals surface area contributed by atoms with Gasteiger partial charge in [-0.3, -0.25) is 9.58 Å². The van der Waals surface area contributed by atoms with Crippen LogP contribution in [0.15, 0.2) is 4.47 Å². The summed E-state index contributed by atoms with van der Waals surface area (Å²) >= 11 is 9.65. The molecule has 0 N–H and O–H groups in total. The van der Waals surface area contributed by atoms with Crippen molar-refractivity contribution >= 4 is 27.5 Å². The molecule has 1 fully saturated rings. The number of hydrogen-bond acceptors (Lipinski definition) is 2. The SMILES string of the molecule is CCn1nc(C)c(Br)c1CN1CCCC(CCl)C1. The first kappa shape index (κ1) is 14.4. The van der Waals surface area contributed by atoms with Gasteiger partial charge in [0.15, 0.2) is 0 Å². The van der Waals surface area contributed by atoms with Crippen molar-refractivity contribution in [2.75, 3.05) is 19.0 Å². The molecular formula is C13H21BrClN3. The van der Waals surface area contributed by atoms with Gasteiger partial charge in [0.05, 0.1) is 15.9 Å². The Morgan fingerprint density at radius 2 is 2.28 bits per heavy atom. The van der Waals surface area contributed by atoms with Crippen LogP contribution in [-0.2, 0) is 13.1 Å². The van der Waals surface area contributed by atoms with Gasteiger partial charge in [0.2, 0.25) is 0 Å². The van der Waals surface area contributed by atoms with Crippen molar-refractivity contribution in [3.05, 3.63) is 15.9 Å². The molecule has 0 bridgehead atoms. The molecule has 0 saturated carbocycles. The summed E-state index contributed by atoms with van der Waals surface area (Å²) < 4.78 is 3.27. The molecule has 0 amide bonds. The van der Waals surface area contributed by atoms with Crippen LogP contribution in [0.4, 0.5) is 0 Å². The van der Waals surface area contributed by atoms with E-state index < -0.39 is 0 Å². The predicted octanol–water partition coefficient (Wildman–Crippen LogP) is 3.42. The Hall–Kier alpha value is -0.0600. The topological polar surface area (TPSA) is 21.1 Å². The van der Waals surface area contributed by atoms with Gasteiger partial charge in [-0.15, -0.1) is 11.6 Å². The number of aryl methyl sites for hydroxylation is 2. The summed E-state index contributed by atoms with van der Waals surface area (Å²) in [4.78, 5) is 2.50. The minimum atomic E-state index is 0.651. The largest absolute Gasteiger partial charge is 0.297 e. The molecular weight excluding hydrogens is 314 g/mol. The first-order valence-electron chi connectivity index (χ1n) is 6.65. The van der Waals surface area contributed by atoms with E-state index in [2.05, 4.69) is 44.5 Å². The molecule has 2 rings (SSSR count). The molecule has 3 nitrogen and oxygen atoms in total. The van der Waals surface area contributed by atoms with E-state index in [0.29, 0.717) is 5.92 Å². The Morgan fingerprint density at radius 3 is 2.94 bits per heavy atom. The molecule has 1 unspecified atom stereocenters. The third-order valence-corrected chi connectivity index (χ3v) is 5.12. The zero-order valence-corrected chi connectivity index (χ0v) is 13.5. The number of halogens is 2. The number of likely N-dealkylation sites (tertiary alicyclic amines) is 1. The average molecular weight is 335 g/mol. The van der Waals surface area contributed by atoms with Gasteiger partial charge in [0, 0.05) is 25.5 Å². The van der Waals surface area contributed by atoms with Crippen LogP contribution in [0.1, 0.15) is 31.2 Å². The molecule has 102 valence electrons. The highest BCUT2D eigenvalue weighted by Gasteiger charge is 2.22. The third kappa shape index (κ3) is 3.09. The van der Waals surface area contributed by atoms with E-state index in [4.69, 9.17) is 11.6 Å². The lowest BCUT2D eigenvalue weighted by Gasteiger charge is -2.31. The summed E-state index contributed by atoms with van der Waals surface area (Å²) in [6.45, 7) is 8.38. The smallest absolute Gasteiger partial charge is 0.0739 e. The molecule has 0 aliphatic carbocycles. The molecule has 5 heteroatoms. The highest BCUT2D eigenvalue weighted by Crippen LogP contribution is 2.25. The maximum Gasteiger partial charge on any atom is 0.0739 e. The van der Waals surface area contributed by atoms with Crippen LogP contribution in [0.3, 0.4) is 0 Å². The van der Waals surface area contributed by atoms with Crippen molar-refractivity contribution in [1.29, 1.82) is 0 Å². The average Bonchev–Trinajstić information content (AvgIpc) is 2.67. The lowest BCUT2D eigenvalue weighted by atomic mass is 10.00. The van der Waals surface area contributed by atoms with Gasteiger partial charge in [-0.2, -0.15) is 5.10 Å². The van der Waals surface area contributed by atoms with Crippen LogP contribution >= 0.6 is 27.5 Å². The van der Waals surface area contributed by atoms with Crippen molar-refractivity contribution in [2.24, 2.45) is 5.92 Å². The maximum absolute atomic E-state index is 5.99. The maximum atomic E-state index is 5.99. The van der Waals surface area contributed by atoms with Gasteiger partial charge >= 0.3 is 0 Å². The van der Waals surface area contributed by atoms with Crippen molar-refractivity contribution in [2.45, 2.75) is 39.8 Å². The zero-order valence-electron chi connectivity index (χ0n) is 11.1. The summed E-state index contributed by atoms with van der Waals surface area (Å²) in [5.74, 6) is 1.43.